The van der Waals surface area contributed by atoms with Crippen molar-refractivity contribution in [3.05, 3.63) is 34.9 Å². The maximum absolute atomic E-state index is 4.62. The fourth-order valence-corrected chi connectivity index (χ4v) is 3.24. The van der Waals surface area contributed by atoms with Crippen LogP contribution in [0.15, 0.2) is 35.0 Å². The van der Waals surface area contributed by atoms with Gasteiger partial charge in [0.2, 0.25) is 0 Å². The van der Waals surface area contributed by atoms with Crippen LogP contribution in [0, 0.1) is 0 Å². The zero-order valence-corrected chi connectivity index (χ0v) is 18.6. The zero-order valence-electron chi connectivity index (χ0n) is 15.5. The highest BCUT2D eigenvalue weighted by molar-refractivity contribution is 14.0. The lowest BCUT2D eigenvalue weighted by Crippen LogP contribution is -2.39. The van der Waals surface area contributed by atoms with Crippen LogP contribution < -0.4 is 16.0 Å². The third-order valence-corrected chi connectivity index (χ3v) is 4.73. The van der Waals surface area contributed by atoms with Gasteiger partial charge in [-0.1, -0.05) is 6.07 Å². The summed E-state index contributed by atoms with van der Waals surface area (Å²) in [5.74, 6) is 1.63. The fourth-order valence-electron chi connectivity index (χ4n) is 2.54. The summed E-state index contributed by atoms with van der Waals surface area (Å²) >= 11 is 1.77. The second-order valence-electron chi connectivity index (χ2n) is 5.67. The Morgan fingerprint density at radius 2 is 2.15 bits per heavy atom. The first-order valence-corrected chi connectivity index (χ1v) is 9.57. The van der Waals surface area contributed by atoms with E-state index < -0.39 is 0 Å². The quantitative estimate of drug-likeness (QED) is 0.190. The van der Waals surface area contributed by atoms with E-state index in [2.05, 4.69) is 60.4 Å². The van der Waals surface area contributed by atoms with E-state index in [0.29, 0.717) is 0 Å². The number of nitrogens with zero attached hydrogens (tertiary/aromatic N) is 5. The van der Waals surface area contributed by atoms with Gasteiger partial charge >= 0.3 is 0 Å². The largest absolute Gasteiger partial charge is 0.368 e. The number of anilines is 1. The number of rotatable bonds is 8. The smallest absolute Gasteiger partial charge is 0.191 e. The van der Waals surface area contributed by atoms with Crippen LogP contribution in [0.25, 0.3) is 11.0 Å². The standard InChI is InChI=1S/C17H24N8S.HI/c1-3-18-17(20-7-6-13-5-4-10-26-13)21-9-8-19-15-14-11-24-25(2)16(14)23-12-22-15;/h4-5,10-12H,3,6-9H2,1-2H3,(H2,18,20,21)(H,19,22,23);1H. The summed E-state index contributed by atoms with van der Waals surface area (Å²) < 4.78 is 1.74. The van der Waals surface area contributed by atoms with Crippen LogP contribution in [0.5, 0.6) is 0 Å². The molecule has 0 radical (unpaired) electrons. The van der Waals surface area contributed by atoms with Crippen molar-refractivity contribution in [2.24, 2.45) is 12.0 Å². The topological polar surface area (TPSA) is 92.1 Å². The monoisotopic (exact) mass is 500 g/mol. The summed E-state index contributed by atoms with van der Waals surface area (Å²) in [6, 6.07) is 4.22. The lowest BCUT2D eigenvalue weighted by Gasteiger charge is -2.12. The third kappa shape index (κ3) is 6.03. The Hall–Kier alpha value is -1.95. The van der Waals surface area contributed by atoms with Crippen LogP contribution in [0.1, 0.15) is 11.8 Å². The van der Waals surface area contributed by atoms with Gasteiger partial charge in [0.05, 0.1) is 11.6 Å². The van der Waals surface area contributed by atoms with Gasteiger partial charge in [0, 0.05) is 44.5 Å². The number of hydrogen-bond acceptors (Lipinski definition) is 6. The Bertz CT molecular complexity index is 846. The molecule has 0 saturated carbocycles. The molecule has 0 amide bonds. The van der Waals surface area contributed by atoms with E-state index in [4.69, 9.17) is 0 Å². The van der Waals surface area contributed by atoms with E-state index in [0.717, 1.165) is 55.4 Å². The molecule has 0 fully saturated rings. The highest BCUT2D eigenvalue weighted by Crippen LogP contribution is 2.17. The van der Waals surface area contributed by atoms with Crippen LogP contribution in [0.3, 0.4) is 0 Å². The molecule has 0 spiro atoms. The first-order valence-electron chi connectivity index (χ1n) is 8.69. The molecule has 0 aliphatic heterocycles. The minimum absolute atomic E-state index is 0. The van der Waals surface area contributed by atoms with Gasteiger partial charge in [-0.2, -0.15) is 5.10 Å². The SMILES string of the molecule is CCNC(=NCCc1cccs1)NCCNc1ncnc2c1cnn2C.I. The second-order valence-corrected chi connectivity index (χ2v) is 6.70. The van der Waals surface area contributed by atoms with Gasteiger partial charge in [-0.25, -0.2) is 9.97 Å². The molecule has 0 aromatic carbocycles. The van der Waals surface area contributed by atoms with Crippen LogP contribution in [-0.4, -0.2) is 51.9 Å². The number of fused-ring (bicyclic) bond motifs is 1. The second kappa shape index (κ2) is 11.0. The lowest BCUT2D eigenvalue weighted by molar-refractivity contribution is 0.785. The van der Waals surface area contributed by atoms with Crippen molar-refractivity contribution < 1.29 is 0 Å². The highest BCUT2D eigenvalue weighted by atomic mass is 127. The zero-order chi connectivity index (χ0) is 18.2. The Balaban J connectivity index is 0.00000261. The fraction of sp³-hybridized carbons (Fsp3) is 0.412. The van der Waals surface area contributed by atoms with E-state index in [-0.39, 0.29) is 24.0 Å². The molecule has 3 heterocycles. The Morgan fingerprint density at radius 3 is 2.93 bits per heavy atom. The maximum atomic E-state index is 4.62. The molecule has 146 valence electrons. The molecule has 3 rings (SSSR count). The average Bonchev–Trinajstić information content (AvgIpc) is 3.29. The molecule has 3 aromatic rings. The number of aliphatic imine (C=N–C) groups is 1. The molecular weight excluding hydrogens is 475 g/mol. The number of hydrogen-bond donors (Lipinski definition) is 3. The van der Waals surface area contributed by atoms with Crippen LogP contribution >= 0.6 is 35.3 Å². The van der Waals surface area contributed by atoms with E-state index in [1.54, 1.807) is 28.5 Å². The summed E-state index contributed by atoms with van der Waals surface area (Å²) in [7, 11) is 1.87. The molecule has 3 aromatic heterocycles. The van der Waals surface area contributed by atoms with Crippen molar-refractivity contribution in [2.75, 3.05) is 31.5 Å². The number of nitrogens with one attached hydrogen (secondary N) is 3. The first kappa shape index (κ1) is 21.4. The summed E-state index contributed by atoms with van der Waals surface area (Å²) in [5, 5.41) is 17.2. The Morgan fingerprint density at radius 1 is 1.26 bits per heavy atom. The molecule has 0 bridgehead atoms. The number of halogens is 1. The molecule has 3 N–H and O–H groups in total. The molecule has 8 nitrogen and oxygen atoms in total. The Kier molecular flexibility index (Phi) is 8.72. The first-order chi connectivity index (χ1) is 12.8. The lowest BCUT2D eigenvalue weighted by atomic mass is 10.3. The van der Waals surface area contributed by atoms with Crippen LogP contribution in [0.2, 0.25) is 0 Å². The van der Waals surface area contributed by atoms with Crippen molar-refractivity contribution in [1.82, 2.24) is 30.4 Å². The van der Waals surface area contributed by atoms with Crippen molar-refractivity contribution in [3.63, 3.8) is 0 Å². The van der Waals surface area contributed by atoms with E-state index in [1.165, 1.54) is 4.88 Å². The van der Waals surface area contributed by atoms with Gasteiger partial charge in [0.1, 0.15) is 12.1 Å². The molecule has 0 aliphatic rings. The molecule has 10 heteroatoms. The van der Waals surface area contributed by atoms with Gasteiger partial charge in [-0.3, -0.25) is 9.67 Å². The molecule has 0 aliphatic carbocycles. The average molecular weight is 500 g/mol. The van der Waals surface area contributed by atoms with Crippen molar-refractivity contribution in [2.45, 2.75) is 13.3 Å². The van der Waals surface area contributed by atoms with Gasteiger partial charge in [0.25, 0.3) is 0 Å². The van der Waals surface area contributed by atoms with Crippen molar-refractivity contribution in [1.29, 1.82) is 0 Å². The molecule has 0 saturated heterocycles. The minimum Gasteiger partial charge on any atom is -0.368 e. The molecular formula is C17H25IN8S. The number of aryl methyl sites for hydroxylation is 1. The van der Waals surface area contributed by atoms with Gasteiger partial charge < -0.3 is 16.0 Å². The Labute approximate surface area is 179 Å². The van der Waals surface area contributed by atoms with Crippen molar-refractivity contribution >= 4 is 58.1 Å². The summed E-state index contributed by atoms with van der Waals surface area (Å²) in [5.41, 5.74) is 0.818. The highest BCUT2D eigenvalue weighted by Gasteiger charge is 2.07. The minimum atomic E-state index is 0. The molecule has 0 atom stereocenters. The van der Waals surface area contributed by atoms with Crippen LogP contribution in [0.4, 0.5) is 5.82 Å². The molecule has 0 unspecified atom stereocenters. The summed E-state index contributed by atoms with van der Waals surface area (Å²) in [6.45, 7) is 5.12. The van der Waals surface area contributed by atoms with Gasteiger partial charge in [0.15, 0.2) is 11.6 Å². The predicted octanol–water partition coefficient (Wildman–Crippen LogP) is 2.25. The summed E-state index contributed by atoms with van der Waals surface area (Å²) in [4.78, 5) is 14.5. The van der Waals surface area contributed by atoms with E-state index in [1.807, 2.05) is 7.05 Å². The van der Waals surface area contributed by atoms with Crippen LogP contribution in [-0.2, 0) is 13.5 Å². The number of aromatic nitrogens is 4. The van der Waals surface area contributed by atoms with Crippen molar-refractivity contribution in [3.8, 4) is 0 Å². The normalized spacial score (nSPS) is 11.3. The molecule has 27 heavy (non-hydrogen) atoms. The summed E-state index contributed by atoms with van der Waals surface area (Å²) in [6.07, 6.45) is 4.30. The van der Waals surface area contributed by atoms with Gasteiger partial charge in [-0.15, -0.1) is 35.3 Å². The maximum Gasteiger partial charge on any atom is 0.191 e. The van der Waals surface area contributed by atoms with E-state index >= 15 is 0 Å². The van der Waals surface area contributed by atoms with E-state index in [9.17, 15) is 0 Å². The predicted molar refractivity (Wildman–Crippen MR) is 122 cm³/mol. The van der Waals surface area contributed by atoms with Gasteiger partial charge in [-0.05, 0) is 18.4 Å². The third-order valence-electron chi connectivity index (χ3n) is 3.79. The number of thiophene rings is 1. The number of guanidine groups is 1.